The van der Waals surface area contributed by atoms with E-state index in [1.165, 1.54) is 18.6 Å². The molecule has 0 radical (unpaired) electrons. The van der Waals surface area contributed by atoms with E-state index in [4.69, 9.17) is 0 Å². The SMILES string of the molecule is CSCCCCCCNC(=O)C1CNC(=O)CN1. The molecule has 1 fully saturated rings. The van der Waals surface area contributed by atoms with Gasteiger partial charge in [-0.25, -0.2) is 0 Å². The topological polar surface area (TPSA) is 70.2 Å². The summed E-state index contributed by atoms with van der Waals surface area (Å²) in [6, 6.07) is -0.279. The van der Waals surface area contributed by atoms with Gasteiger partial charge in [0.05, 0.1) is 6.54 Å². The van der Waals surface area contributed by atoms with Crippen LogP contribution in [0.25, 0.3) is 0 Å². The highest BCUT2D eigenvalue weighted by Crippen LogP contribution is 2.03. The zero-order valence-corrected chi connectivity index (χ0v) is 11.8. The minimum Gasteiger partial charge on any atom is -0.355 e. The van der Waals surface area contributed by atoms with E-state index in [1.807, 2.05) is 11.8 Å². The number of carbonyl (C=O) groups excluding carboxylic acids is 2. The van der Waals surface area contributed by atoms with E-state index in [2.05, 4.69) is 22.2 Å². The van der Waals surface area contributed by atoms with Gasteiger partial charge in [0.1, 0.15) is 6.04 Å². The van der Waals surface area contributed by atoms with Crippen LogP contribution in [0.15, 0.2) is 0 Å². The summed E-state index contributed by atoms with van der Waals surface area (Å²) in [5.41, 5.74) is 0. The zero-order valence-electron chi connectivity index (χ0n) is 11.0. The predicted octanol–water partition coefficient (Wildman–Crippen LogP) is 0.114. The zero-order chi connectivity index (χ0) is 13.2. The number of unbranched alkanes of at least 4 members (excludes halogenated alkanes) is 3. The van der Waals surface area contributed by atoms with E-state index in [0.29, 0.717) is 6.54 Å². The maximum Gasteiger partial charge on any atom is 0.238 e. The second kappa shape index (κ2) is 9.22. The lowest BCUT2D eigenvalue weighted by molar-refractivity contribution is -0.126. The average molecular weight is 273 g/mol. The molecule has 1 unspecified atom stereocenters. The summed E-state index contributed by atoms with van der Waals surface area (Å²) in [6.07, 6.45) is 6.80. The molecule has 0 saturated carbocycles. The van der Waals surface area contributed by atoms with E-state index >= 15 is 0 Å². The fraction of sp³-hybridized carbons (Fsp3) is 0.833. The summed E-state index contributed by atoms with van der Waals surface area (Å²) in [5, 5.41) is 8.48. The minimum atomic E-state index is -0.279. The quantitative estimate of drug-likeness (QED) is 0.549. The molecule has 0 aliphatic carbocycles. The van der Waals surface area contributed by atoms with Gasteiger partial charge in [-0.15, -0.1) is 0 Å². The molecule has 1 aliphatic heterocycles. The fourth-order valence-electron chi connectivity index (χ4n) is 1.81. The van der Waals surface area contributed by atoms with Gasteiger partial charge < -0.3 is 10.6 Å². The average Bonchev–Trinajstić information content (AvgIpc) is 2.38. The van der Waals surface area contributed by atoms with Gasteiger partial charge in [0.25, 0.3) is 0 Å². The number of nitrogens with one attached hydrogen (secondary N) is 3. The summed E-state index contributed by atoms with van der Waals surface area (Å²) in [4.78, 5) is 22.6. The van der Waals surface area contributed by atoms with E-state index in [1.54, 1.807) is 0 Å². The highest BCUT2D eigenvalue weighted by molar-refractivity contribution is 7.98. The molecule has 0 aromatic carbocycles. The maximum atomic E-state index is 11.7. The van der Waals surface area contributed by atoms with Gasteiger partial charge in [-0.2, -0.15) is 11.8 Å². The molecule has 5 nitrogen and oxygen atoms in total. The van der Waals surface area contributed by atoms with Crippen LogP contribution in [0, 0.1) is 0 Å². The summed E-state index contributed by atoms with van der Waals surface area (Å²) in [5.74, 6) is 1.16. The molecular weight excluding hydrogens is 250 g/mol. The molecule has 104 valence electrons. The number of rotatable bonds is 8. The van der Waals surface area contributed by atoms with Crippen molar-refractivity contribution >= 4 is 23.6 Å². The molecule has 3 N–H and O–H groups in total. The molecule has 1 saturated heterocycles. The largest absolute Gasteiger partial charge is 0.355 e. The Morgan fingerprint density at radius 1 is 1.39 bits per heavy atom. The van der Waals surface area contributed by atoms with Crippen LogP contribution in [0.4, 0.5) is 0 Å². The lowest BCUT2D eigenvalue weighted by Crippen LogP contribution is -2.58. The lowest BCUT2D eigenvalue weighted by Gasteiger charge is -2.23. The molecule has 1 aliphatic rings. The van der Waals surface area contributed by atoms with Crippen molar-refractivity contribution in [1.29, 1.82) is 0 Å². The summed E-state index contributed by atoms with van der Waals surface area (Å²) < 4.78 is 0. The van der Waals surface area contributed by atoms with Crippen molar-refractivity contribution in [3.63, 3.8) is 0 Å². The van der Waals surface area contributed by atoms with Crippen molar-refractivity contribution in [2.24, 2.45) is 0 Å². The molecule has 0 aromatic rings. The molecule has 0 bridgehead atoms. The van der Waals surface area contributed by atoms with Crippen molar-refractivity contribution in [2.45, 2.75) is 31.7 Å². The van der Waals surface area contributed by atoms with Crippen LogP contribution in [-0.4, -0.2) is 49.5 Å². The smallest absolute Gasteiger partial charge is 0.238 e. The highest BCUT2D eigenvalue weighted by atomic mass is 32.2. The molecule has 2 amide bonds. The molecule has 0 spiro atoms. The van der Waals surface area contributed by atoms with E-state index in [-0.39, 0.29) is 24.4 Å². The van der Waals surface area contributed by atoms with Gasteiger partial charge in [-0.1, -0.05) is 12.8 Å². The Labute approximate surface area is 113 Å². The first-order chi connectivity index (χ1) is 8.74. The number of carbonyl (C=O) groups is 2. The lowest BCUT2D eigenvalue weighted by atomic mass is 10.2. The van der Waals surface area contributed by atoms with Crippen molar-refractivity contribution in [3.05, 3.63) is 0 Å². The van der Waals surface area contributed by atoms with Gasteiger partial charge in [0.15, 0.2) is 0 Å². The van der Waals surface area contributed by atoms with Crippen LogP contribution < -0.4 is 16.0 Å². The highest BCUT2D eigenvalue weighted by Gasteiger charge is 2.22. The Balaban J connectivity index is 1.98. The molecule has 18 heavy (non-hydrogen) atoms. The number of amides is 2. The number of hydrogen-bond donors (Lipinski definition) is 3. The molecule has 1 atom stereocenters. The summed E-state index contributed by atoms with van der Waals surface area (Å²) in [6.45, 7) is 1.34. The van der Waals surface area contributed by atoms with Gasteiger partial charge in [-0.3, -0.25) is 14.9 Å². The second-order valence-electron chi connectivity index (χ2n) is 4.44. The standard InChI is InChI=1S/C12H23N3O2S/c1-18-7-5-3-2-4-6-13-12(17)10-8-15-11(16)9-14-10/h10,14H,2-9H2,1H3,(H,13,17)(H,15,16). The molecule has 1 rings (SSSR count). The minimum absolute atomic E-state index is 0.0147. The molecule has 1 heterocycles. The van der Waals surface area contributed by atoms with Crippen molar-refractivity contribution in [2.75, 3.05) is 31.6 Å². The maximum absolute atomic E-state index is 11.7. The normalized spacial score (nSPS) is 19.4. The third-order valence-electron chi connectivity index (χ3n) is 2.90. The predicted molar refractivity (Wildman–Crippen MR) is 74.7 cm³/mol. The first-order valence-electron chi connectivity index (χ1n) is 6.50. The first-order valence-corrected chi connectivity index (χ1v) is 7.90. The molecule has 0 aromatic heterocycles. The molecule has 6 heteroatoms. The van der Waals surface area contributed by atoms with Gasteiger partial charge in [0, 0.05) is 13.1 Å². The van der Waals surface area contributed by atoms with E-state index in [0.717, 1.165) is 19.4 Å². The summed E-state index contributed by atoms with van der Waals surface area (Å²) in [7, 11) is 0. The van der Waals surface area contributed by atoms with Gasteiger partial charge in [0.2, 0.25) is 11.8 Å². The van der Waals surface area contributed by atoms with Crippen LogP contribution in [0.3, 0.4) is 0 Å². The van der Waals surface area contributed by atoms with Crippen molar-refractivity contribution in [3.8, 4) is 0 Å². The van der Waals surface area contributed by atoms with Crippen LogP contribution in [0.1, 0.15) is 25.7 Å². The van der Waals surface area contributed by atoms with E-state index in [9.17, 15) is 9.59 Å². The van der Waals surface area contributed by atoms with Crippen LogP contribution in [0.2, 0.25) is 0 Å². The van der Waals surface area contributed by atoms with Crippen LogP contribution in [0.5, 0.6) is 0 Å². The van der Waals surface area contributed by atoms with Crippen molar-refractivity contribution < 1.29 is 9.59 Å². The number of thioether (sulfide) groups is 1. The Morgan fingerprint density at radius 3 is 2.83 bits per heavy atom. The number of piperazine rings is 1. The summed E-state index contributed by atoms with van der Waals surface area (Å²) >= 11 is 1.88. The van der Waals surface area contributed by atoms with Crippen molar-refractivity contribution in [1.82, 2.24) is 16.0 Å². The van der Waals surface area contributed by atoms with E-state index < -0.39 is 0 Å². The van der Waals surface area contributed by atoms with Crippen LogP contribution >= 0.6 is 11.8 Å². The monoisotopic (exact) mass is 273 g/mol. The Hall–Kier alpha value is -0.750. The second-order valence-corrected chi connectivity index (χ2v) is 5.42. The Morgan fingerprint density at radius 2 is 2.17 bits per heavy atom. The van der Waals surface area contributed by atoms with Crippen LogP contribution in [-0.2, 0) is 9.59 Å². The number of hydrogen-bond acceptors (Lipinski definition) is 4. The Kier molecular flexibility index (Phi) is 7.84. The molecular formula is C12H23N3O2S. The third kappa shape index (κ3) is 6.26. The Bertz CT molecular complexity index is 264. The fourth-order valence-corrected chi connectivity index (χ4v) is 2.30. The van der Waals surface area contributed by atoms with Gasteiger partial charge in [-0.05, 0) is 24.9 Å². The first kappa shape index (κ1) is 15.3. The van der Waals surface area contributed by atoms with Gasteiger partial charge >= 0.3 is 0 Å². The third-order valence-corrected chi connectivity index (χ3v) is 3.60.